The van der Waals surface area contributed by atoms with Gasteiger partial charge in [0.25, 0.3) is 0 Å². The van der Waals surface area contributed by atoms with Gasteiger partial charge in [0.2, 0.25) is 0 Å². The van der Waals surface area contributed by atoms with Gasteiger partial charge in [0.1, 0.15) is 5.75 Å². The monoisotopic (exact) mass is 323 g/mol. The predicted octanol–water partition coefficient (Wildman–Crippen LogP) is 4.56. The maximum Gasteiger partial charge on any atom is 0.161 e. The van der Waals surface area contributed by atoms with E-state index in [0.29, 0.717) is 30.3 Å². The number of benzene rings is 2. The van der Waals surface area contributed by atoms with E-state index in [2.05, 4.69) is 6.07 Å². The molecule has 0 atom stereocenters. The lowest BCUT2D eigenvalue weighted by molar-refractivity contribution is 0.287. The van der Waals surface area contributed by atoms with Crippen LogP contribution in [0.5, 0.6) is 17.2 Å². The molecule has 0 aliphatic rings. The van der Waals surface area contributed by atoms with Gasteiger partial charge in [-0.1, -0.05) is 6.07 Å². The van der Waals surface area contributed by atoms with E-state index in [1.165, 1.54) is 0 Å². The topological polar surface area (TPSA) is 51.5 Å². The van der Waals surface area contributed by atoms with Crippen molar-refractivity contribution in [2.24, 2.45) is 0 Å². The molecule has 0 fully saturated rings. The molecule has 0 amide bonds. The summed E-state index contributed by atoms with van der Waals surface area (Å²) in [6.45, 7) is 4.98. The fourth-order valence-corrected chi connectivity index (χ4v) is 2.27. The molecule has 0 unspecified atom stereocenters. The molecule has 2 rings (SSSR count). The molecular formula is C20H21NO3. The predicted molar refractivity (Wildman–Crippen MR) is 95.3 cm³/mol. The molecule has 2 aromatic carbocycles. The van der Waals surface area contributed by atoms with Gasteiger partial charge in [0, 0.05) is 0 Å². The first-order valence-corrected chi connectivity index (χ1v) is 7.87. The van der Waals surface area contributed by atoms with Crippen molar-refractivity contribution in [3.8, 4) is 23.3 Å². The summed E-state index contributed by atoms with van der Waals surface area (Å²) < 4.78 is 16.3. The number of allylic oxidation sites excluding steroid dienone is 1. The first-order valence-electron chi connectivity index (χ1n) is 7.87. The third kappa shape index (κ3) is 4.30. The largest absolute Gasteiger partial charge is 0.497 e. The minimum Gasteiger partial charge on any atom is -0.497 e. The zero-order valence-electron chi connectivity index (χ0n) is 14.2. The van der Waals surface area contributed by atoms with Crippen LogP contribution in [0.2, 0.25) is 0 Å². The Labute approximate surface area is 142 Å². The van der Waals surface area contributed by atoms with Gasteiger partial charge in [-0.25, -0.2) is 0 Å². The lowest BCUT2D eigenvalue weighted by Crippen LogP contribution is -1.98. The van der Waals surface area contributed by atoms with E-state index in [1.54, 1.807) is 7.11 Å². The second-order valence-corrected chi connectivity index (χ2v) is 4.97. The van der Waals surface area contributed by atoms with Crippen LogP contribution < -0.4 is 14.2 Å². The van der Waals surface area contributed by atoms with Crippen LogP contribution in [0.15, 0.2) is 42.5 Å². The second kappa shape index (κ2) is 8.64. The van der Waals surface area contributed by atoms with E-state index in [4.69, 9.17) is 14.2 Å². The number of nitrogens with zero attached hydrogens (tertiary/aromatic N) is 1. The van der Waals surface area contributed by atoms with E-state index in [9.17, 15) is 5.26 Å². The Morgan fingerprint density at radius 3 is 2.25 bits per heavy atom. The molecule has 0 N–H and O–H groups in total. The Hall–Kier alpha value is -2.93. The molecule has 4 heteroatoms. The summed E-state index contributed by atoms with van der Waals surface area (Å²) in [7, 11) is 1.62. The number of rotatable bonds is 7. The highest BCUT2D eigenvalue weighted by molar-refractivity contribution is 5.89. The number of hydrogen-bond donors (Lipinski definition) is 0. The van der Waals surface area contributed by atoms with E-state index in [1.807, 2.05) is 62.4 Å². The highest BCUT2D eigenvalue weighted by Crippen LogP contribution is 2.30. The molecule has 0 saturated carbocycles. The van der Waals surface area contributed by atoms with Gasteiger partial charge < -0.3 is 14.2 Å². The minimum absolute atomic E-state index is 0.552. The van der Waals surface area contributed by atoms with Crippen LogP contribution in [0.3, 0.4) is 0 Å². The summed E-state index contributed by atoms with van der Waals surface area (Å²) in [6, 6.07) is 15.3. The molecule has 0 aromatic heterocycles. The summed E-state index contributed by atoms with van der Waals surface area (Å²) in [5.74, 6) is 2.15. The lowest BCUT2D eigenvalue weighted by Gasteiger charge is -2.11. The Bertz CT molecular complexity index is 742. The van der Waals surface area contributed by atoms with Crippen molar-refractivity contribution in [2.45, 2.75) is 13.8 Å². The Morgan fingerprint density at radius 1 is 1.00 bits per heavy atom. The Morgan fingerprint density at radius 2 is 1.67 bits per heavy atom. The highest BCUT2D eigenvalue weighted by atomic mass is 16.5. The third-order valence-electron chi connectivity index (χ3n) is 3.40. The average Bonchev–Trinajstić information content (AvgIpc) is 2.62. The van der Waals surface area contributed by atoms with E-state index in [0.717, 1.165) is 16.9 Å². The van der Waals surface area contributed by atoms with E-state index >= 15 is 0 Å². The van der Waals surface area contributed by atoms with Crippen LogP contribution in [0.1, 0.15) is 25.0 Å². The molecule has 24 heavy (non-hydrogen) atoms. The number of methoxy groups -OCH3 is 1. The summed E-state index contributed by atoms with van der Waals surface area (Å²) in [4.78, 5) is 0. The van der Waals surface area contributed by atoms with Gasteiger partial charge in [-0.15, -0.1) is 0 Å². The molecule has 4 nitrogen and oxygen atoms in total. The molecule has 0 aliphatic heterocycles. The standard InChI is InChI=1S/C20H21NO3/c1-4-23-19-11-6-15(13-20(19)24-5-2)12-17(14-21)16-7-9-18(22-3)10-8-16/h6-13H,4-5H2,1-3H3/b17-12+. The van der Waals surface area contributed by atoms with Crippen LogP contribution >= 0.6 is 0 Å². The minimum atomic E-state index is 0.552. The zero-order valence-corrected chi connectivity index (χ0v) is 14.2. The third-order valence-corrected chi connectivity index (χ3v) is 3.40. The van der Waals surface area contributed by atoms with Gasteiger partial charge in [-0.3, -0.25) is 0 Å². The van der Waals surface area contributed by atoms with Crippen LogP contribution in [-0.4, -0.2) is 20.3 Å². The first-order chi connectivity index (χ1) is 11.7. The lowest BCUT2D eigenvalue weighted by atomic mass is 10.0. The molecule has 2 aromatic rings. The number of hydrogen-bond acceptors (Lipinski definition) is 4. The normalized spacial score (nSPS) is 10.8. The van der Waals surface area contributed by atoms with Crippen molar-refractivity contribution in [1.29, 1.82) is 5.26 Å². The summed E-state index contributed by atoms with van der Waals surface area (Å²) >= 11 is 0. The molecule has 0 spiro atoms. The van der Waals surface area contributed by atoms with Gasteiger partial charge in [-0.2, -0.15) is 5.26 Å². The fourth-order valence-electron chi connectivity index (χ4n) is 2.27. The average molecular weight is 323 g/mol. The highest BCUT2D eigenvalue weighted by Gasteiger charge is 2.07. The van der Waals surface area contributed by atoms with Crippen LogP contribution in [-0.2, 0) is 0 Å². The smallest absolute Gasteiger partial charge is 0.161 e. The zero-order chi connectivity index (χ0) is 17.4. The first kappa shape index (κ1) is 17.4. The van der Waals surface area contributed by atoms with Crippen molar-refractivity contribution >= 4 is 11.6 Å². The molecule has 0 aliphatic carbocycles. The van der Waals surface area contributed by atoms with Gasteiger partial charge in [0.05, 0.1) is 32.0 Å². The molecule has 0 radical (unpaired) electrons. The number of nitriles is 1. The van der Waals surface area contributed by atoms with E-state index in [-0.39, 0.29) is 0 Å². The number of ether oxygens (including phenoxy) is 3. The van der Waals surface area contributed by atoms with Crippen molar-refractivity contribution in [3.05, 3.63) is 53.6 Å². The maximum atomic E-state index is 9.47. The van der Waals surface area contributed by atoms with Gasteiger partial charge in [0.15, 0.2) is 11.5 Å². The molecule has 0 heterocycles. The van der Waals surface area contributed by atoms with Crippen molar-refractivity contribution in [1.82, 2.24) is 0 Å². The summed E-state index contributed by atoms with van der Waals surface area (Å²) in [5, 5.41) is 9.47. The summed E-state index contributed by atoms with van der Waals surface area (Å²) in [5.41, 5.74) is 2.30. The van der Waals surface area contributed by atoms with Gasteiger partial charge in [-0.05, 0) is 67.4 Å². The van der Waals surface area contributed by atoms with Crippen molar-refractivity contribution < 1.29 is 14.2 Å². The molecule has 124 valence electrons. The molecular weight excluding hydrogens is 302 g/mol. The SMILES string of the molecule is CCOc1ccc(/C=C(\C#N)c2ccc(OC)cc2)cc1OCC. The van der Waals surface area contributed by atoms with Gasteiger partial charge >= 0.3 is 0 Å². The second-order valence-electron chi connectivity index (χ2n) is 4.97. The Balaban J connectivity index is 2.35. The summed E-state index contributed by atoms with van der Waals surface area (Å²) in [6.07, 6.45) is 1.83. The quantitative estimate of drug-likeness (QED) is 0.554. The van der Waals surface area contributed by atoms with Crippen molar-refractivity contribution in [3.63, 3.8) is 0 Å². The van der Waals surface area contributed by atoms with Crippen LogP contribution in [0.25, 0.3) is 11.6 Å². The molecule has 0 saturated heterocycles. The van der Waals surface area contributed by atoms with Crippen LogP contribution in [0.4, 0.5) is 0 Å². The van der Waals surface area contributed by atoms with E-state index < -0.39 is 0 Å². The molecule has 0 bridgehead atoms. The maximum absolute atomic E-state index is 9.47. The van der Waals surface area contributed by atoms with Crippen LogP contribution in [0, 0.1) is 11.3 Å². The fraction of sp³-hybridized carbons (Fsp3) is 0.250. The van der Waals surface area contributed by atoms with Crippen molar-refractivity contribution in [2.75, 3.05) is 20.3 Å². The Kier molecular flexibility index (Phi) is 6.27.